The number of methoxy groups -OCH3 is 2. The molecule has 1 amide bonds. The van der Waals surface area contributed by atoms with Crippen LogP contribution in [0.1, 0.15) is 46.8 Å². The van der Waals surface area contributed by atoms with Gasteiger partial charge in [-0.05, 0) is 73.2 Å². The maximum atomic E-state index is 13.4. The van der Waals surface area contributed by atoms with Gasteiger partial charge in [0.05, 0.1) is 33.1 Å². The van der Waals surface area contributed by atoms with E-state index in [1.807, 2.05) is 48.4 Å². The number of carbonyl (C=O) groups is 1. The van der Waals surface area contributed by atoms with Crippen LogP contribution in [-0.4, -0.2) is 48.1 Å². The van der Waals surface area contributed by atoms with Gasteiger partial charge < -0.3 is 28.5 Å². The molecule has 3 heterocycles. The second kappa shape index (κ2) is 9.74. The number of hydrogen-bond acceptors (Lipinski definition) is 6. The summed E-state index contributed by atoms with van der Waals surface area (Å²) >= 11 is 0. The van der Waals surface area contributed by atoms with E-state index in [0.29, 0.717) is 31.1 Å². The summed E-state index contributed by atoms with van der Waals surface area (Å²) in [5.74, 6) is 2.10. The second-order valence-electron chi connectivity index (χ2n) is 8.50. The van der Waals surface area contributed by atoms with Crippen LogP contribution in [0.2, 0.25) is 0 Å². The SMILES string of the molecule is CCOc1cc2c(cc1OC)CCN(C(=O)c1ncco1)C2CCc1c[nH]c2ccc(OC)cc12. The van der Waals surface area contributed by atoms with Crippen molar-refractivity contribution in [2.24, 2.45) is 0 Å². The Balaban J connectivity index is 1.52. The molecule has 4 aromatic rings. The third-order valence-electron chi connectivity index (χ3n) is 6.62. The lowest BCUT2D eigenvalue weighted by molar-refractivity contribution is 0.0609. The van der Waals surface area contributed by atoms with Crippen molar-refractivity contribution in [2.45, 2.75) is 32.2 Å². The molecule has 0 bridgehead atoms. The topological polar surface area (TPSA) is 89.8 Å². The predicted molar refractivity (Wildman–Crippen MR) is 131 cm³/mol. The summed E-state index contributed by atoms with van der Waals surface area (Å²) in [6.07, 6.45) is 7.16. The number of aromatic nitrogens is 2. The summed E-state index contributed by atoms with van der Waals surface area (Å²) in [5.41, 5.74) is 4.46. The Kier molecular flexibility index (Phi) is 6.35. The van der Waals surface area contributed by atoms with Crippen LogP contribution in [0.15, 0.2) is 53.4 Å². The van der Waals surface area contributed by atoms with Gasteiger partial charge in [-0.1, -0.05) is 0 Å². The van der Waals surface area contributed by atoms with E-state index in [4.69, 9.17) is 18.6 Å². The summed E-state index contributed by atoms with van der Waals surface area (Å²) in [4.78, 5) is 22.7. The van der Waals surface area contributed by atoms with Crippen LogP contribution in [0.5, 0.6) is 17.2 Å². The average Bonchev–Trinajstić information content (AvgIpc) is 3.56. The molecule has 8 heteroatoms. The number of aromatic amines is 1. The Morgan fingerprint density at radius 3 is 2.83 bits per heavy atom. The highest BCUT2D eigenvalue weighted by atomic mass is 16.5. The monoisotopic (exact) mass is 475 g/mol. The molecule has 1 atom stereocenters. The number of nitrogens with one attached hydrogen (secondary N) is 1. The Morgan fingerprint density at radius 1 is 1.20 bits per heavy atom. The van der Waals surface area contributed by atoms with Gasteiger partial charge in [-0.15, -0.1) is 0 Å². The van der Waals surface area contributed by atoms with Crippen LogP contribution in [0.4, 0.5) is 0 Å². The van der Waals surface area contributed by atoms with Crippen molar-refractivity contribution < 1.29 is 23.4 Å². The third kappa shape index (κ3) is 4.32. The minimum Gasteiger partial charge on any atom is -0.497 e. The van der Waals surface area contributed by atoms with Crippen molar-refractivity contribution in [1.29, 1.82) is 0 Å². The van der Waals surface area contributed by atoms with Gasteiger partial charge >= 0.3 is 5.91 Å². The zero-order chi connectivity index (χ0) is 24.4. The number of benzene rings is 2. The summed E-state index contributed by atoms with van der Waals surface area (Å²) < 4.78 is 22.2. The van der Waals surface area contributed by atoms with Crippen molar-refractivity contribution in [1.82, 2.24) is 14.9 Å². The number of nitrogens with zero attached hydrogens (tertiary/aromatic N) is 2. The van der Waals surface area contributed by atoms with Gasteiger partial charge in [0.2, 0.25) is 0 Å². The van der Waals surface area contributed by atoms with Crippen LogP contribution in [0.3, 0.4) is 0 Å². The quantitative estimate of drug-likeness (QED) is 0.388. The van der Waals surface area contributed by atoms with Crippen molar-refractivity contribution in [2.75, 3.05) is 27.4 Å². The summed E-state index contributed by atoms with van der Waals surface area (Å²) in [6.45, 7) is 3.04. The number of oxazole rings is 1. The average molecular weight is 476 g/mol. The molecule has 8 nitrogen and oxygen atoms in total. The lowest BCUT2D eigenvalue weighted by atomic mass is 9.88. The van der Waals surface area contributed by atoms with Crippen LogP contribution in [0.25, 0.3) is 10.9 Å². The number of carbonyl (C=O) groups excluding carboxylic acids is 1. The molecule has 182 valence electrons. The molecular formula is C27H29N3O5. The fourth-order valence-electron chi connectivity index (χ4n) is 4.93. The van der Waals surface area contributed by atoms with Gasteiger partial charge in [-0.25, -0.2) is 4.98 Å². The molecule has 0 fully saturated rings. The number of amides is 1. The smallest absolute Gasteiger partial charge is 0.310 e. The van der Waals surface area contributed by atoms with E-state index in [1.165, 1.54) is 18.0 Å². The van der Waals surface area contributed by atoms with E-state index >= 15 is 0 Å². The largest absolute Gasteiger partial charge is 0.497 e. The molecule has 2 aromatic heterocycles. The van der Waals surface area contributed by atoms with Crippen molar-refractivity contribution >= 4 is 16.8 Å². The first-order valence-electron chi connectivity index (χ1n) is 11.8. The summed E-state index contributed by atoms with van der Waals surface area (Å²) in [6, 6.07) is 9.90. The van der Waals surface area contributed by atoms with Crippen LogP contribution >= 0.6 is 0 Å². The zero-order valence-corrected chi connectivity index (χ0v) is 20.2. The van der Waals surface area contributed by atoms with E-state index in [-0.39, 0.29) is 17.8 Å². The molecular weight excluding hydrogens is 446 g/mol. The standard InChI is InChI=1S/C27H29N3O5/c1-4-34-25-15-21-17(13-24(25)33-3)9-11-30(27(31)26-28-10-12-35-26)23(21)8-5-18-16-29-22-7-6-19(32-2)14-20(18)22/h6-7,10,12-16,23,29H,4-5,8-9,11H2,1-3H3. The molecule has 0 saturated heterocycles. The van der Waals surface area contributed by atoms with E-state index in [0.717, 1.165) is 40.6 Å². The lowest BCUT2D eigenvalue weighted by Gasteiger charge is -2.37. The van der Waals surface area contributed by atoms with Gasteiger partial charge in [0.25, 0.3) is 5.89 Å². The molecule has 0 aliphatic carbocycles. The van der Waals surface area contributed by atoms with Crippen molar-refractivity contribution in [3.63, 3.8) is 0 Å². The Bertz CT molecular complexity index is 1330. The van der Waals surface area contributed by atoms with Gasteiger partial charge in [-0.3, -0.25) is 4.79 Å². The fraction of sp³-hybridized carbons (Fsp3) is 0.333. The highest BCUT2D eigenvalue weighted by Gasteiger charge is 2.34. The Morgan fingerprint density at radius 2 is 2.09 bits per heavy atom. The van der Waals surface area contributed by atoms with Crippen LogP contribution in [-0.2, 0) is 12.8 Å². The highest BCUT2D eigenvalue weighted by molar-refractivity contribution is 5.90. The van der Waals surface area contributed by atoms with Crippen LogP contribution in [0, 0.1) is 0 Å². The number of rotatable bonds is 8. The highest BCUT2D eigenvalue weighted by Crippen LogP contribution is 2.41. The van der Waals surface area contributed by atoms with Crippen molar-refractivity contribution in [3.8, 4) is 17.2 Å². The minimum absolute atomic E-state index is 0.105. The second-order valence-corrected chi connectivity index (χ2v) is 8.50. The van der Waals surface area contributed by atoms with E-state index < -0.39 is 0 Å². The van der Waals surface area contributed by atoms with Gasteiger partial charge in [0, 0.05) is 23.6 Å². The molecule has 1 aliphatic heterocycles. The maximum Gasteiger partial charge on any atom is 0.310 e. The molecule has 1 N–H and O–H groups in total. The first-order chi connectivity index (χ1) is 17.1. The van der Waals surface area contributed by atoms with Gasteiger partial charge in [0.15, 0.2) is 11.5 Å². The Labute approximate surface area is 203 Å². The van der Waals surface area contributed by atoms with E-state index in [1.54, 1.807) is 14.2 Å². The number of fused-ring (bicyclic) bond motifs is 2. The molecule has 35 heavy (non-hydrogen) atoms. The minimum atomic E-state index is -0.208. The Hall–Kier alpha value is -3.94. The zero-order valence-electron chi connectivity index (χ0n) is 20.2. The summed E-state index contributed by atoms with van der Waals surface area (Å²) in [7, 11) is 3.32. The number of ether oxygens (including phenoxy) is 3. The maximum absolute atomic E-state index is 13.4. The predicted octanol–water partition coefficient (Wildman–Crippen LogP) is 4.94. The third-order valence-corrected chi connectivity index (χ3v) is 6.62. The van der Waals surface area contributed by atoms with E-state index in [2.05, 4.69) is 9.97 Å². The van der Waals surface area contributed by atoms with Crippen molar-refractivity contribution in [3.05, 3.63) is 71.6 Å². The molecule has 2 aromatic carbocycles. The lowest BCUT2D eigenvalue weighted by Crippen LogP contribution is -2.40. The summed E-state index contributed by atoms with van der Waals surface area (Å²) in [5, 5.41) is 1.12. The van der Waals surface area contributed by atoms with E-state index in [9.17, 15) is 4.79 Å². The normalized spacial score (nSPS) is 15.2. The van der Waals surface area contributed by atoms with Crippen LogP contribution < -0.4 is 14.2 Å². The molecule has 0 radical (unpaired) electrons. The number of aryl methyl sites for hydroxylation is 1. The van der Waals surface area contributed by atoms with Gasteiger partial charge in [-0.2, -0.15) is 0 Å². The molecule has 0 spiro atoms. The van der Waals surface area contributed by atoms with Gasteiger partial charge in [0.1, 0.15) is 12.0 Å². The first-order valence-corrected chi connectivity index (χ1v) is 11.8. The molecule has 0 saturated carbocycles. The fourth-order valence-corrected chi connectivity index (χ4v) is 4.93. The molecule has 1 aliphatic rings. The molecule has 1 unspecified atom stereocenters. The number of H-pyrrole nitrogens is 1. The number of hydrogen-bond donors (Lipinski definition) is 1. The first kappa shape index (κ1) is 22.8. The molecule has 5 rings (SSSR count).